The van der Waals surface area contributed by atoms with Crippen LogP contribution >= 0.6 is 0 Å². The van der Waals surface area contributed by atoms with Crippen molar-refractivity contribution in [2.24, 2.45) is 5.73 Å². The molecule has 5 nitrogen and oxygen atoms in total. The van der Waals surface area contributed by atoms with Crippen molar-refractivity contribution in [1.29, 1.82) is 0 Å². The molecular weight excluding hydrogens is 264 g/mol. The Labute approximate surface area is 125 Å². The molecule has 2 N–H and O–H groups in total. The maximum absolute atomic E-state index is 12.6. The normalized spacial score (nSPS) is 12.1. The van der Waals surface area contributed by atoms with E-state index in [1.54, 1.807) is 17.1 Å². The number of benzene rings is 1. The molecule has 112 valence electrons. The van der Waals surface area contributed by atoms with E-state index < -0.39 is 0 Å². The Kier molecular flexibility index (Phi) is 5.51. The molecule has 0 saturated carbocycles. The van der Waals surface area contributed by atoms with Gasteiger partial charge in [-0.1, -0.05) is 30.3 Å². The molecule has 5 heteroatoms. The third kappa shape index (κ3) is 4.16. The lowest BCUT2D eigenvalue weighted by Crippen LogP contribution is -2.40. The molecule has 0 saturated heterocycles. The molecule has 0 aliphatic carbocycles. The largest absolute Gasteiger partial charge is 0.339 e. The monoisotopic (exact) mass is 286 g/mol. The first-order chi connectivity index (χ1) is 10.2. The zero-order valence-electron chi connectivity index (χ0n) is 12.4. The molecule has 0 bridgehead atoms. The van der Waals surface area contributed by atoms with E-state index in [9.17, 15) is 4.79 Å². The summed E-state index contributed by atoms with van der Waals surface area (Å²) in [5.41, 5.74) is 6.86. The first-order valence-corrected chi connectivity index (χ1v) is 7.24. The summed E-state index contributed by atoms with van der Waals surface area (Å²) < 4.78 is 1.67. The summed E-state index contributed by atoms with van der Waals surface area (Å²) in [6.07, 6.45) is 4.32. The lowest BCUT2D eigenvalue weighted by molar-refractivity contribution is -0.134. The first-order valence-electron chi connectivity index (χ1n) is 7.24. The van der Waals surface area contributed by atoms with Crippen LogP contribution in [0, 0.1) is 0 Å². The van der Waals surface area contributed by atoms with Crippen LogP contribution < -0.4 is 5.73 Å². The van der Waals surface area contributed by atoms with Crippen LogP contribution in [0.2, 0.25) is 0 Å². The van der Waals surface area contributed by atoms with Crippen LogP contribution in [-0.2, 0) is 11.2 Å². The topological polar surface area (TPSA) is 64.2 Å². The second kappa shape index (κ2) is 7.59. The van der Waals surface area contributed by atoms with E-state index in [1.807, 2.05) is 36.1 Å². The predicted molar refractivity (Wildman–Crippen MR) is 82.7 cm³/mol. The number of aromatic nitrogens is 2. The average Bonchev–Trinajstić information content (AvgIpc) is 3.05. The number of nitrogens with two attached hydrogens (primary N) is 1. The maximum atomic E-state index is 12.6. The van der Waals surface area contributed by atoms with E-state index in [0.717, 1.165) is 6.42 Å². The fourth-order valence-corrected chi connectivity index (χ4v) is 2.28. The highest BCUT2D eigenvalue weighted by Gasteiger charge is 2.21. The Bertz CT molecular complexity index is 539. The number of nitrogens with zero attached hydrogens (tertiary/aromatic N) is 3. The van der Waals surface area contributed by atoms with Crippen molar-refractivity contribution >= 4 is 5.91 Å². The van der Waals surface area contributed by atoms with Crippen LogP contribution in [0.15, 0.2) is 48.8 Å². The zero-order valence-corrected chi connectivity index (χ0v) is 12.4. The smallest absolute Gasteiger partial charge is 0.247 e. The van der Waals surface area contributed by atoms with Gasteiger partial charge in [0.1, 0.15) is 6.04 Å². The minimum absolute atomic E-state index is 0.0556. The van der Waals surface area contributed by atoms with Gasteiger partial charge in [0.2, 0.25) is 5.91 Å². The number of hydrogen-bond donors (Lipinski definition) is 1. The van der Waals surface area contributed by atoms with Gasteiger partial charge in [-0.25, -0.2) is 0 Å². The predicted octanol–water partition coefficient (Wildman–Crippen LogP) is 1.47. The second-order valence-corrected chi connectivity index (χ2v) is 5.01. The van der Waals surface area contributed by atoms with Gasteiger partial charge in [0, 0.05) is 32.0 Å². The van der Waals surface area contributed by atoms with Crippen LogP contribution in [0.3, 0.4) is 0 Å². The molecule has 0 aliphatic heterocycles. The van der Waals surface area contributed by atoms with Crippen LogP contribution in [0.5, 0.6) is 0 Å². The van der Waals surface area contributed by atoms with Crippen LogP contribution in [0.1, 0.15) is 18.5 Å². The highest BCUT2D eigenvalue weighted by molar-refractivity contribution is 5.80. The number of carbonyl (C=O) groups is 1. The van der Waals surface area contributed by atoms with Crippen molar-refractivity contribution in [3.63, 3.8) is 0 Å². The summed E-state index contributed by atoms with van der Waals surface area (Å²) in [6.45, 7) is 3.57. The lowest BCUT2D eigenvalue weighted by atomic mass is 10.1. The fraction of sp³-hybridized carbons (Fsp3) is 0.375. The number of amides is 1. The molecule has 1 aromatic carbocycles. The lowest BCUT2D eigenvalue weighted by Gasteiger charge is -2.25. The van der Waals surface area contributed by atoms with Crippen LogP contribution in [0.4, 0.5) is 0 Å². The van der Waals surface area contributed by atoms with Gasteiger partial charge >= 0.3 is 0 Å². The SMILES string of the molecule is CC(C(=O)N(CCN)CCc1ccccc1)n1cccn1. The average molecular weight is 286 g/mol. The van der Waals surface area contributed by atoms with Gasteiger partial charge in [-0.05, 0) is 25.0 Å². The van der Waals surface area contributed by atoms with Crippen molar-refractivity contribution in [3.05, 3.63) is 54.4 Å². The molecule has 0 fully saturated rings. The van der Waals surface area contributed by atoms with Crippen molar-refractivity contribution in [2.75, 3.05) is 19.6 Å². The molecule has 1 aromatic heterocycles. The molecule has 21 heavy (non-hydrogen) atoms. The minimum Gasteiger partial charge on any atom is -0.339 e. The van der Waals surface area contributed by atoms with Gasteiger partial charge in [0.05, 0.1) is 0 Å². The first kappa shape index (κ1) is 15.3. The quantitative estimate of drug-likeness (QED) is 0.838. The molecule has 2 rings (SSSR count). The van der Waals surface area contributed by atoms with E-state index >= 15 is 0 Å². The zero-order chi connectivity index (χ0) is 15.1. The molecule has 0 radical (unpaired) electrons. The van der Waals surface area contributed by atoms with Gasteiger partial charge in [0.25, 0.3) is 0 Å². The highest BCUT2D eigenvalue weighted by Crippen LogP contribution is 2.10. The third-order valence-electron chi connectivity index (χ3n) is 3.50. The van der Waals surface area contributed by atoms with Gasteiger partial charge in [-0.3, -0.25) is 9.48 Å². The molecule has 2 aromatic rings. The van der Waals surface area contributed by atoms with E-state index in [-0.39, 0.29) is 11.9 Å². The summed E-state index contributed by atoms with van der Waals surface area (Å²) in [6, 6.07) is 11.7. The number of carbonyl (C=O) groups excluding carboxylic acids is 1. The summed E-state index contributed by atoms with van der Waals surface area (Å²) in [5, 5.41) is 4.14. The molecule has 1 atom stereocenters. The van der Waals surface area contributed by atoms with Gasteiger partial charge in [-0.15, -0.1) is 0 Å². The van der Waals surface area contributed by atoms with Crippen molar-refractivity contribution in [3.8, 4) is 0 Å². The Balaban J connectivity index is 1.99. The Morgan fingerprint density at radius 1 is 1.29 bits per heavy atom. The van der Waals surface area contributed by atoms with Gasteiger partial charge in [0.15, 0.2) is 0 Å². The Morgan fingerprint density at radius 2 is 2.05 bits per heavy atom. The van der Waals surface area contributed by atoms with Gasteiger partial charge in [-0.2, -0.15) is 5.10 Å². The van der Waals surface area contributed by atoms with Crippen LogP contribution in [0.25, 0.3) is 0 Å². The number of hydrogen-bond acceptors (Lipinski definition) is 3. The molecule has 1 unspecified atom stereocenters. The summed E-state index contributed by atoms with van der Waals surface area (Å²) in [7, 11) is 0. The van der Waals surface area contributed by atoms with E-state index in [2.05, 4.69) is 17.2 Å². The minimum atomic E-state index is -0.303. The molecule has 0 spiro atoms. The Morgan fingerprint density at radius 3 is 2.67 bits per heavy atom. The third-order valence-corrected chi connectivity index (χ3v) is 3.50. The van der Waals surface area contributed by atoms with Crippen molar-refractivity contribution < 1.29 is 4.79 Å². The second-order valence-electron chi connectivity index (χ2n) is 5.01. The molecule has 1 amide bonds. The van der Waals surface area contributed by atoms with E-state index in [0.29, 0.717) is 19.6 Å². The van der Waals surface area contributed by atoms with Crippen molar-refractivity contribution in [1.82, 2.24) is 14.7 Å². The van der Waals surface area contributed by atoms with E-state index in [1.165, 1.54) is 5.56 Å². The Hall–Kier alpha value is -2.14. The summed E-state index contributed by atoms with van der Waals surface area (Å²) >= 11 is 0. The van der Waals surface area contributed by atoms with Crippen molar-refractivity contribution in [2.45, 2.75) is 19.4 Å². The van der Waals surface area contributed by atoms with Gasteiger partial charge < -0.3 is 10.6 Å². The summed E-state index contributed by atoms with van der Waals surface area (Å²) in [5.74, 6) is 0.0556. The molecule has 0 aliphatic rings. The highest BCUT2D eigenvalue weighted by atomic mass is 16.2. The van der Waals surface area contributed by atoms with E-state index in [4.69, 9.17) is 5.73 Å². The number of rotatable bonds is 7. The van der Waals surface area contributed by atoms with Crippen LogP contribution in [-0.4, -0.2) is 40.2 Å². The maximum Gasteiger partial charge on any atom is 0.247 e. The standard InChI is InChI=1S/C16H22N4O/c1-14(20-11-5-10-18-20)16(21)19(13-9-17)12-8-15-6-3-2-4-7-15/h2-7,10-11,14H,8-9,12-13,17H2,1H3. The molecule has 1 heterocycles. The fourth-order valence-electron chi connectivity index (χ4n) is 2.28. The molecular formula is C16H22N4O. The summed E-state index contributed by atoms with van der Waals surface area (Å²) in [4.78, 5) is 14.4.